The molecule has 1 atom stereocenters. The van der Waals surface area contributed by atoms with E-state index < -0.39 is 11.9 Å². The third-order valence-corrected chi connectivity index (χ3v) is 5.28. The van der Waals surface area contributed by atoms with Crippen LogP contribution in [0.2, 0.25) is 4.34 Å². The highest BCUT2D eigenvalue weighted by molar-refractivity contribution is 7.18. The molecule has 1 saturated heterocycles. The van der Waals surface area contributed by atoms with Gasteiger partial charge in [0, 0.05) is 24.5 Å². The van der Waals surface area contributed by atoms with Gasteiger partial charge in [0.1, 0.15) is 12.6 Å². The number of hydrogen-bond donors (Lipinski definition) is 3. The number of nitrogens with zero attached hydrogens (tertiary/aromatic N) is 1. The molecule has 2 heterocycles. The average Bonchev–Trinajstić information content (AvgIpc) is 3.13. The highest BCUT2D eigenvalue weighted by Crippen LogP contribution is 2.21. The van der Waals surface area contributed by atoms with Crippen LogP contribution in [0.25, 0.3) is 0 Å². The van der Waals surface area contributed by atoms with Gasteiger partial charge in [-0.05, 0) is 36.4 Å². The number of hydrogen-bond acceptors (Lipinski definition) is 6. The first-order valence-corrected chi connectivity index (χ1v) is 9.71. The first-order chi connectivity index (χ1) is 13.4. The van der Waals surface area contributed by atoms with Crippen LogP contribution in [0, 0.1) is 0 Å². The molecule has 1 aromatic heterocycles. The smallest absolute Gasteiger partial charge is 0.261 e. The molecule has 1 fully saturated rings. The van der Waals surface area contributed by atoms with Crippen molar-refractivity contribution in [3.8, 4) is 0 Å². The topological polar surface area (TPSA) is 114 Å². The summed E-state index contributed by atoms with van der Waals surface area (Å²) in [5.74, 6) is -0.868. The number of carbonyl (C=O) groups is 3. The van der Waals surface area contributed by atoms with Gasteiger partial charge < -0.3 is 26.0 Å². The van der Waals surface area contributed by atoms with Gasteiger partial charge in [0.2, 0.25) is 5.91 Å². The van der Waals surface area contributed by atoms with E-state index in [0.717, 1.165) is 17.0 Å². The van der Waals surface area contributed by atoms with Crippen LogP contribution in [0.4, 0.5) is 11.4 Å². The van der Waals surface area contributed by atoms with Crippen molar-refractivity contribution in [3.63, 3.8) is 0 Å². The Morgan fingerprint density at radius 2 is 2.00 bits per heavy atom. The Morgan fingerprint density at radius 3 is 2.64 bits per heavy atom. The molecule has 0 aliphatic carbocycles. The standard InChI is InChI=1S/C18H19ClN4O4S/c19-15-6-5-14(28-15)18(26)21-9-13(20)17(25)22-11-1-3-12(4-2-11)23-7-8-27-10-16(23)24/h1-6,13H,7-10,20H2,(H,21,26)(H,22,25)/t13-/m1/s1. The van der Waals surface area contributed by atoms with Crippen LogP contribution >= 0.6 is 22.9 Å². The number of morpholine rings is 1. The van der Waals surface area contributed by atoms with E-state index in [0.29, 0.717) is 28.1 Å². The molecular weight excluding hydrogens is 404 g/mol. The zero-order valence-corrected chi connectivity index (χ0v) is 16.4. The molecule has 0 saturated carbocycles. The lowest BCUT2D eigenvalue weighted by Crippen LogP contribution is -2.45. The number of ether oxygens (including phenoxy) is 1. The van der Waals surface area contributed by atoms with Gasteiger partial charge in [-0.2, -0.15) is 0 Å². The van der Waals surface area contributed by atoms with E-state index in [1.54, 1.807) is 41.3 Å². The summed E-state index contributed by atoms with van der Waals surface area (Å²) in [6, 6.07) is 9.18. The van der Waals surface area contributed by atoms with E-state index in [1.807, 2.05) is 0 Å². The van der Waals surface area contributed by atoms with E-state index >= 15 is 0 Å². The predicted octanol–water partition coefficient (Wildman–Crippen LogP) is 1.46. The van der Waals surface area contributed by atoms with Crippen LogP contribution in [0.5, 0.6) is 0 Å². The maximum atomic E-state index is 12.2. The van der Waals surface area contributed by atoms with Crippen molar-refractivity contribution in [3.05, 3.63) is 45.6 Å². The molecule has 0 radical (unpaired) electrons. The summed E-state index contributed by atoms with van der Waals surface area (Å²) in [5, 5.41) is 5.30. The Labute approximate surface area is 170 Å². The summed E-state index contributed by atoms with van der Waals surface area (Å²) in [5.41, 5.74) is 7.12. The summed E-state index contributed by atoms with van der Waals surface area (Å²) < 4.78 is 5.62. The second-order valence-electron chi connectivity index (χ2n) is 6.05. The third kappa shape index (κ3) is 5.08. The average molecular weight is 423 g/mol. The minimum absolute atomic E-state index is 0.0133. The number of anilines is 2. The van der Waals surface area contributed by atoms with Gasteiger partial charge >= 0.3 is 0 Å². The Bertz CT molecular complexity index is 871. The molecule has 4 N–H and O–H groups in total. The molecule has 10 heteroatoms. The molecule has 3 rings (SSSR count). The number of thiophene rings is 1. The zero-order chi connectivity index (χ0) is 20.1. The molecule has 0 spiro atoms. The fourth-order valence-corrected chi connectivity index (χ4v) is 3.53. The Kier molecular flexibility index (Phi) is 6.63. The molecule has 1 aliphatic heterocycles. The molecule has 148 valence electrons. The first kappa shape index (κ1) is 20.3. The molecule has 2 aromatic rings. The molecular formula is C18H19ClN4O4S. The molecule has 28 heavy (non-hydrogen) atoms. The lowest BCUT2D eigenvalue weighted by atomic mass is 10.2. The summed E-state index contributed by atoms with van der Waals surface area (Å²) in [4.78, 5) is 38.1. The minimum Gasteiger partial charge on any atom is -0.370 e. The van der Waals surface area contributed by atoms with Crippen LogP contribution in [-0.2, 0) is 14.3 Å². The maximum Gasteiger partial charge on any atom is 0.261 e. The fraction of sp³-hybridized carbons (Fsp3) is 0.278. The van der Waals surface area contributed by atoms with Crippen LogP contribution in [0.15, 0.2) is 36.4 Å². The Morgan fingerprint density at radius 1 is 1.25 bits per heavy atom. The second-order valence-corrected chi connectivity index (χ2v) is 7.77. The number of rotatable bonds is 6. The number of amides is 3. The predicted molar refractivity (Wildman–Crippen MR) is 108 cm³/mol. The van der Waals surface area contributed by atoms with Crippen LogP contribution in [0.1, 0.15) is 9.67 Å². The highest BCUT2D eigenvalue weighted by Gasteiger charge is 2.20. The van der Waals surface area contributed by atoms with Gasteiger partial charge in [-0.25, -0.2) is 0 Å². The summed E-state index contributed by atoms with van der Waals surface area (Å²) >= 11 is 6.95. The van der Waals surface area contributed by atoms with Crippen molar-refractivity contribution >= 4 is 52.0 Å². The summed E-state index contributed by atoms with van der Waals surface area (Å²) in [6.45, 7) is 1.03. The Balaban J connectivity index is 1.50. The zero-order valence-electron chi connectivity index (χ0n) is 14.8. The number of halogens is 1. The number of benzene rings is 1. The van der Waals surface area contributed by atoms with E-state index in [4.69, 9.17) is 22.1 Å². The van der Waals surface area contributed by atoms with E-state index in [-0.39, 0.29) is 25.0 Å². The summed E-state index contributed by atoms with van der Waals surface area (Å²) in [6.07, 6.45) is 0. The minimum atomic E-state index is -0.917. The van der Waals surface area contributed by atoms with Crippen molar-refractivity contribution in [1.29, 1.82) is 0 Å². The second kappa shape index (κ2) is 9.16. The molecule has 0 bridgehead atoms. The third-order valence-electron chi connectivity index (χ3n) is 4.05. The molecule has 0 unspecified atom stereocenters. The van der Waals surface area contributed by atoms with Crippen LogP contribution in [-0.4, -0.2) is 50.1 Å². The van der Waals surface area contributed by atoms with Crippen molar-refractivity contribution in [2.24, 2.45) is 5.73 Å². The normalized spacial score (nSPS) is 15.2. The van der Waals surface area contributed by atoms with E-state index in [9.17, 15) is 14.4 Å². The lowest BCUT2D eigenvalue weighted by Gasteiger charge is -2.27. The monoisotopic (exact) mass is 422 g/mol. The molecule has 1 aromatic carbocycles. The van der Waals surface area contributed by atoms with Crippen molar-refractivity contribution in [2.45, 2.75) is 6.04 Å². The van der Waals surface area contributed by atoms with Gasteiger partial charge in [-0.3, -0.25) is 14.4 Å². The molecule has 3 amide bonds. The number of carbonyl (C=O) groups excluding carboxylic acids is 3. The number of nitrogens with two attached hydrogens (primary N) is 1. The summed E-state index contributed by atoms with van der Waals surface area (Å²) in [7, 11) is 0. The van der Waals surface area contributed by atoms with Crippen molar-refractivity contribution in [1.82, 2.24) is 5.32 Å². The van der Waals surface area contributed by atoms with Gasteiger partial charge in [0.15, 0.2) is 0 Å². The van der Waals surface area contributed by atoms with Crippen LogP contribution in [0.3, 0.4) is 0 Å². The van der Waals surface area contributed by atoms with Crippen molar-refractivity contribution < 1.29 is 19.1 Å². The maximum absolute atomic E-state index is 12.2. The van der Waals surface area contributed by atoms with Gasteiger partial charge in [-0.1, -0.05) is 11.6 Å². The van der Waals surface area contributed by atoms with Gasteiger partial charge in [0.05, 0.1) is 15.8 Å². The van der Waals surface area contributed by atoms with Gasteiger partial charge in [0.25, 0.3) is 11.8 Å². The fourth-order valence-electron chi connectivity index (χ4n) is 2.57. The largest absolute Gasteiger partial charge is 0.370 e. The van der Waals surface area contributed by atoms with E-state index in [1.165, 1.54) is 0 Å². The molecule has 8 nitrogen and oxygen atoms in total. The SMILES string of the molecule is N[C@H](CNC(=O)c1ccc(Cl)s1)C(=O)Nc1ccc(N2CCOCC2=O)cc1. The van der Waals surface area contributed by atoms with E-state index in [2.05, 4.69) is 10.6 Å². The molecule has 1 aliphatic rings. The van der Waals surface area contributed by atoms with Gasteiger partial charge in [-0.15, -0.1) is 11.3 Å². The van der Waals surface area contributed by atoms with Crippen molar-refractivity contribution in [2.75, 3.05) is 36.5 Å². The van der Waals surface area contributed by atoms with Crippen LogP contribution < -0.4 is 21.3 Å². The lowest BCUT2D eigenvalue weighted by molar-refractivity contribution is -0.125. The number of nitrogens with one attached hydrogen (secondary N) is 2. The highest BCUT2D eigenvalue weighted by atomic mass is 35.5. The first-order valence-electron chi connectivity index (χ1n) is 8.52. The Hall–Kier alpha value is -2.46. The quantitative estimate of drug-likeness (QED) is 0.652.